The number of hydrogen-bond donors (Lipinski definition) is 2. The highest BCUT2D eigenvalue weighted by atomic mass is 16.1. The van der Waals surface area contributed by atoms with Crippen LogP contribution in [0.2, 0.25) is 0 Å². The van der Waals surface area contributed by atoms with Crippen molar-refractivity contribution in [1.29, 1.82) is 0 Å². The molecule has 5 heteroatoms. The number of anilines is 2. The number of aryl methyl sites for hydroxylation is 3. The van der Waals surface area contributed by atoms with E-state index in [1.165, 1.54) is 0 Å². The maximum Gasteiger partial charge on any atom is 0.224 e. The van der Waals surface area contributed by atoms with Gasteiger partial charge >= 0.3 is 0 Å². The van der Waals surface area contributed by atoms with Gasteiger partial charge in [-0.05, 0) is 50.5 Å². The van der Waals surface area contributed by atoms with Crippen molar-refractivity contribution in [3.63, 3.8) is 0 Å². The fourth-order valence-electron chi connectivity index (χ4n) is 2.27. The van der Waals surface area contributed by atoms with Gasteiger partial charge in [0.2, 0.25) is 5.91 Å². The molecule has 0 atom stereocenters. The van der Waals surface area contributed by atoms with Crippen LogP contribution in [0.1, 0.15) is 31.4 Å². The van der Waals surface area contributed by atoms with Gasteiger partial charge in [-0.2, -0.15) is 5.10 Å². The number of nitrogens with one attached hydrogen (secondary N) is 2. The van der Waals surface area contributed by atoms with Gasteiger partial charge in [0.1, 0.15) is 0 Å². The number of aromatic nitrogens is 2. The average Bonchev–Trinajstić information content (AvgIpc) is 2.85. The Balaban J connectivity index is 1.99. The lowest BCUT2D eigenvalue weighted by Crippen LogP contribution is -2.16. The molecule has 2 N–H and O–H groups in total. The molecule has 118 valence electrons. The largest absolute Gasteiger partial charge is 0.381 e. The Bertz CT molecular complexity index is 646. The van der Waals surface area contributed by atoms with Gasteiger partial charge in [0.15, 0.2) is 0 Å². The maximum atomic E-state index is 12.2. The van der Waals surface area contributed by atoms with Crippen LogP contribution in [-0.4, -0.2) is 21.7 Å². The predicted octanol–water partition coefficient (Wildman–Crippen LogP) is 3.12. The van der Waals surface area contributed by atoms with Crippen LogP contribution in [0.4, 0.5) is 11.4 Å². The molecule has 0 bridgehead atoms. The maximum absolute atomic E-state index is 12.2. The number of amides is 1. The van der Waals surface area contributed by atoms with Crippen molar-refractivity contribution < 1.29 is 4.79 Å². The summed E-state index contributed by atoms with van der Waals surface area (Å²) >= 11 is 0. The molecule has 1 heterocycles. The fourth-order valence-corrected chi connectivity index (χ4v) is 2.27. The summed E-state index contributed by atoms with van der Waals surface area (Å²) in [5.74, 6) is 0.0151. The number of nitrogens with zero attached hydrogens (tertiary/aromatic N) is 2. The lowest BCUT2D eigenvalue weighted by Gasteiger charge is -2.16. The third kappa shape index (κ3) is 4.62. The van der Waals surface area contributed by atoms with E-state index in [4.69, 9.17) is 0 Å². The second-order valence-corrected chi connectivity index (χ2v) is 5.92. The van der Waals surface area contributed by atoms with Crippen molar-refractivity contribution >= 4 is 17.3 Å². The Labute approximate surface area is 131 Å². The first kappa shape index (κ1) is 16.1. The molecule has 1 amide bonds. The van der Waals surface area contributed by atoms with E-state index in [-0.39, 0.29) is 5.91 Å². The van der Waals surface area contributed by atoms with Gasteiger partial charge in [-0.25, -0.2) is 0 Å². The molecular formula is C17H24N4O. The van der Waals surface area contributed by atoms with E-state index in [0.717, 1.165) is 22.5 Å². The molecule has 0 saturated carbocycles. The van der Waals surface area contributed by atoms with Gasteiger partial charge in [-0.15, -0.1) is 0 Å². The van der Waals surface area contributed by atoms with E-state index in [1.54, 1.807) is 10.9 Å². The molecule has 0 unspecified atom stereocenters. The van der Waals surface area contributed by atoms with Crippen LogP contribution in [0.5, 0.6) is 0 Å². The fraction of sp³-hybridized carbons (Fsp3) is 0.412. The number of benzene rings is 1. The van der Waals surface area contributed by atoms with Gasteiger partial charge in [-0.3, -0.25) is 9.48 Å². The van der Waals surface area contributed by atoms with E-state index >= 15 is 0 Å². The first-order valence-corrected chi connectivity index (χ1v) is 7.58. The quantitative estimate of drug-likeness (QED) is 0.861. The molecular weight excluding hydrogens is 276 g/mol. The zero-order chi connectivity index (χ0) is 16.1. The van der Waals surface area contributed by atoms with Gasteiger partial charge < -0.3 is 10.6 Å². The summed E-state index contributed by atoms with van der Waals surface area (Å²) in [4.78, 5) is 12.2. The van der Waals surface area contributed by atoms with Crippen molar-refractivity contribution in [3.05, 3.63) is 41.7 Å². The number of carbonyl (C=O) groups excluding carboxylic acids is 1. The van der Waals surface area contributed by atoms with Crippen LogP contribution in [0.15, 0.2) is 30.6 Å². The number of hydrogen-bond acceptors (Lipinski definition) is 3. The van der Waals surface area contributed by atoms with E-state index < -0.39 is 0 Å². The first-order chi connectivity index (χ1) is 10.4. The number of carbonyl (C=O) groups is 1. The van der Waals surface area contributed by atoms with Crippen molar-refractivity contribution in [2.24, 2.45) is 7.05 Å². The summed E-state index contributed by atoms with van der Waals surface area (Å²) in [6.45, 7) is 6.17. The van der Waals surface area contributed by atoms with E-state index in [1.807, 2.05) is 38.4 Å². The van der Waals surface area contributed by atoms with E-state index in [2.05, 4.69) is 29.6 Å². The highest BCUT2D eigenvalue weighted by molar-refractivity contribution is 5.94. The Hall–Kier alpha value is -2.30. The van der Waals surface area contributed by atoms with E-state index in [0.29, 0.717) is 18.9 Å². The van der Waals surface area contributed by atoms with Crippen molar-refractivity contribution in [3.8, 4) is 0 Å². The highest BCUT2D eigenvalue weighted by Gasteiger charge is 2.09. The molecule has 2 rings (SSSR count). The molecule has 0 spiro atoms. The molecule has 1 aromatic heterocycles. The molecule has 0 saturated heterocycles. The summed E-state index contributed by atoms with van der Waals surface area (Å²) in [7, 11) is 1.88. The monoisotopic (exact) mass is 300 g/mol. The molecule has 5 nitrogen and oxygen atoms in total. The second-order valence-electron chi connectivity index (χ2n) is 5.92. The zero-order valence-electron chi connectivity index (χ0n) is 13.7. The third-order valence-corrected chi connectivity index (χ3v) is 3.29. The van der Waals surface area contributed by atoms with Crippen LogP contribution in [0.25, 0.3) is 0 Å². The lowest BCUT2D eigenvalue weighted by atomic mass is 10.1. The normalized spacial score (nSPS) is 10.8. The van der Waals surface area contributed by atoms with Crippen LogP contribution >= 0.6 is 0 Å². The predicted molar refractivity (Wildman–Crippen MR) is 90.1 cm³/mol. The second kappa shape index (κ2) is 7.11. The summed E-state index contributed by atoms with van der Waals surface area (Å²) in [6, 6.07) is 6.35. The lowest BCUT2D eigenvalue weighted by molar-refractivity contribution is -0.116. The molecule has 0 fully saturated rings. The molecule has 2 aromatic rings. The van der Waals surface area contributed by atoms with Crippen molar-refractivity contribution in [2.75, 3.05) is 10.6 Å². The van der Waals surface area contributed by atoms with Crippen LogP contribution < -0.4 is 10.6 Å². The van der Waals surface area contributed by atoms with Crippen LogP contribution in [0.3, 0.4) is 0 Å². The third-order valence-electron chi connectivity index (χ3n) is 3.29. The molecule has 0 aliphatic rings. The summed E-state index contributed by atoms with van der Waals surface area (Å²) < 4.78 is 1.75. The summed E-state index contributed by atoms with van der Waals surface area (Å²) in [5, 5.41) is 10.5. The minimum absolute atomic E-state index is 0.0151. The molecule has 0 aliphatic heterocycles. The Morgan fingerprint density at radius 1 is 1.32 bits per heavy atom. The Morgan fingerprint density at radius 3 is 2.73 bits per heavy atom. The van der Waals surface area contributed by atoms with E-state index in [9.17, 15) is 4.79 Å². The average molecular weight is 300 g/mol. The van der Waals surface area contributed by atoms with Gasteiger partial charge in [0.05, 0.1) is 17.6 Å². The standard InChI is InChI=1S/C17H24N4O/c1-12(2)19-15-7-5-13(3)9-16(15)20-17(22)8-6-14-10-18-21(4)11-14/h5,7,9-12,19H,6,8H2,1-4H3,(H,20,22). The van der Waals surface area contributed by atoms with Crippen molar-refractivity contribution in [1.82, 2.24) is 9.78 Å². The number of rotatable bonds is 6. The molecule has 0 aliphatic carbocycles. The van der Waals surface area contributed by atoms with Crippen LogP contribution in [-0.2, 0) is 18.3 Å². The smallest absolute Gasteiger partial charge is 0.224 e. The minimum atomic E-state index is 0.0151. The topological polar surface area (TPSA) is 58.9 Å². The SMILES string of the molecule is Cc1ccc(NC(C)C)c(NC(=O)CCc2cnn(C)c2)c1. The summed E-state index contributed by atoms with van der Waals surface area (Å²) in [6.07, 6.45) is 4.87. The molecule has 22 heavy (non-hydrogen) atoms. The summed E-state index contributed by atoms with van der Waals surface area (Å²) in [5.41, 5.74) is 3.99. The molecule has 0 radical (unpaired) electrons. The van der Waals surface area contributed by atoms with Gasteiger partial charge in [-0.1, -0.05) is 6.07 Å². The van der Waals surface area contributed by atoms with Crippen LogP contribution in [0, 0.1) is 6.92 Å². The zero-order valence-corrected chi connectivity index (χ0v) is 13.7. The van der Waals surface area contributed by atoms with Gasteiger partial charge in [0, 0.05) is 25.7 Å². The molecule has 1 aromatic carbocycles. The first-order valence-electron chi connectivity index (χ1n) is 7.58. The van der Waals surface area contributed by atoms with Gasteiger partial charge in [0.25, 0.3) is 0 Å². The Kier molecular flexibility index (Phi) is 5.20. The Morgan fingerprint density at radius 2 is 2.09 bits per heavy atom. The van der Waals surface area contributed by atoms with Crippen molar-refractivity contribution in [2.45, 2.75) is 39.7 Å². The minimum Gasteiger partial charge on any atom is -0.381 e. The highest BCUT2D eigenvalue weighted by Crippen LogP contribution is 2.24.